The number of aryl methyl sites for hydroxylation is 2. The molecule has 3 aromatic rings. The van der Waals surface area contributed by atoms with E-state index in [2.05, 4.69) is 15.5 Å². The van der Waals surface area contributed by atoms with Crippen LogP contribution in [-0.4, -0.2) is 32.2 Å². The van der Waals surface area contributed by atoms with Crippen molar-refractivity contribution < 1.29 is 9.59 Å². The van der Waals surface area contributed by atoms with Gasteiger partial charge in [-0.15, -0.1) is 10.2 Å². The van der Waals surface area contributed by atoms with Crippen LogP contribution in [0.25, 0.3) is 5.69 Å². The molecule has 156 valence electrons. The predicted octanol–water partition coefficient (Wildman–Crippen LogP) is 4.84. The lowest BCUT2D eigenvalue weighted by molar-refractivity contribution is -0.123. The molecule has 1 N–H and O–H groups in total. The van der Waals surface area contributed by atoms with E-state index in [1.165, 1.54) is 17.3 Å². The molecule has 0 atom stereocenters. The third kappa shape index (κ3) is 5.16. The van der Waals surface area contributed by atoms with Gasteiger partial charge >= 0.3 is 0 Å². The summed E-state index contributed by atoms with van der Waals surface area (Å²) >= 11 is 1.36. The molecule has 1 amide bonds. The van der Waals surface area contributed by atoms with Crippen LogP contribution in [0.5, 0.6) is 0 Å². The molecule has 1 heterocycles. The molecular weight excluding hydrogens is 396 g/mol. The molecule has 0 fully saturated rings. The minimum Gasteiger partial charge on any atom is -0.326 e. The monoisotopic (exact) mass is 422 g/mol. The number of rotatable bonds is 6. The summed E-state index contributed by atoms with van der Waals surface area (Å²) in [5, 5.41) is 11.9. The number of nitrogens with zero attached hydrogens (tertiary/aromatic N) is 3. The van der Waals surface area contributed by atoms with Crippen molar-refractivity contribution in [2.75, 3.05) is 11.1 Å². The van der Waals surface area contributed by atoms with Gasteiger partial charge in [0.1, 0.15) is 5.82 Å². The Kier molecular flexibility index (Phi) is 6.41. The van der Waals surface area contributed by atoms with Crippen molar-refractivity contribution in [1.82, 2.24) is 14.8 Å². The number of Topliss-reactive ketones (excluding diaryl/α,β-unsaturated/α-hetero) is 1. The number of anilines is 1. The molecule has 0 aliphatic heterocycles. The highest BCUT2D eigenvalue weighted by Gasteiger charge is 2.21. The molecule has 0 aliphatic rings. The van der Waals surface area contributed by atoms with Gasteiger partial charge < -0.3 is 5.32 Å². The maximum Gasteiger partial charge on any atom is 0.229 e. The van der Waals surface area contributed by atoms with E-state index >= 15 is 0 Å². The van der Waals surface area contributed by atoms with Crippen LogP contribution in [-0.2, 0) is 4.79 Å². The number of amides is 1. The first-order chi connectivity index (χ1) is 14.1. The number of carbonyl (C=O) groups is 2. The van der Waals surface area contributed by atoms with Crippen LogP contribution >= 0.6 is 11.8 Å². The molecule has 0 saturated heterocycles. The summed E-state index contributed by atoms with van der Waals surface area (Å²) in [4.78, 5) is 24.7. The second-order valence-corrected chi connectivity index (χ2v) is 9.14. The largest absolute Gasteiger partial charge is 0.326 e. The van der Waals surface area contributed by atoms with Gasteiger partial charge in [-0.05, 0) is 50.2 Å². The van der Waals surface area contributed by atoms with E-state index in [0.717, 1.165) is 11.5 Å². The Morgan fingerprint density at radius 3 is 2.20 bits per heavy atom. The Hall–Kier alpha value is -2.93. The first-order valence-electron chi connectivity index (χ1n) is 9.72. The van der Waals surface area contributed by atoms with Gasteiger partial charge in [-0.25, -0.2) is 0 Å². The number of nitrogens with one attached hydrogen (secondary N) is 1. The first kappa shape index (κ1) is 21.8. The second kappa shape index (κ2) is 8.83. The van der Waals surface area contributed by atoms with Gasteiger partial charge in [-0.3, -0.25) is 14.2 Å². The summed E-state index contributed by atoms with van der Waals surface area (Å²) in [6, 6.07) is 15.1. The lowest BCUT2D eigenvalue weighted by Gasteiger charge is -2.17. The minimum atomic E-state index is -0.476. The predicted molar refractivity (Wildman–Crippen MR) is 120 cm³/mol. The fourth-order valence-electron chi connectivity index (χ4n) is 2.70. The summed E-state index contributed by atoms with van der Waals surface area (Å²) in [7, 11) is 0. The number of thioether (sulfide) groups is 1. The Labute approximate surface area is 181 Å². The van der Waals surface area contributed by atoms with Gasteiger partial charge in [0, 0.05) is 22.4 Å². The molecule has 3 rings (SSSR count). The quantitative estimate of drug-likeness (QED) is 0.454. The molecule has 0 bridgehead atoms. The van der Waals surface area contributed by atoms with Crippen LogP contribution < -0.4 is 5.32 Å². The maximum atomic E-state index is 12.6. The molecule has 0 spiro atoms. The standard InChI is InChI=1S/C23H26N4O2S/c1-15-6-12-19(13-7-15)27-16(2)25-26-22(27)30-14-20(28)17-8-10-18(11-9-17)24-21(29)23(3,4)5/h6-13H,14H2,1-5H3,(H,24,29). The summed E-state index contributed by atoms with van der Waals surface area (Å²) in [5.41, 5.74) is 2.94. The highest BCUT2D eigenvalue weighted by molar-refractivity contribution is 7.99. The van der Waals surface area contributed by atoms with E-state index < -0.39 is 5.41 Å². The normalized spacial score (nSPS) is 11.4. The SMILES string of the molecule is Cc1ccc(-n2c(C)nnc2SCC(=O)c2ccc(NC(=O)C(C)(C)C)cc2)cc1. The average Bonchev–Trinajstić information content (AvgIpc) is 3.07. The molecule has 2 aromatic carbocycles. The molecule has 0 saturated carbocycles. The number of hydrogen-bond acceptors (Lipinski definition) is 5. The van der Waals surface area contributed by atoms with E-state index in [9.17, 15) is 9.59 Å². The fourth-order valence-corrected chi connectivity index (χ4v) is 3.59. The van der Waals surface area contributed by atoms with E-state index in [0.29, 0.717) is 16.4 Å². The van der Waals surface area contributed by atoms with Gasteiger partial charge in [0.25, 0.3) is 0 Å². The Balaban J connectivity index is 1.67. The van der Waals surface area contributed by atoms with Crippen molar-refractivity contribution >= 4 is 29.1 Å². The Morgan fingerprint density at radius 2 is 1.60 bits per heavy atom. The van der Waals surface area contributed by atoms with E-state index in [4.69, 9.17) is 0 Å². The lowest BCUT2D eigenvalue weighted by atomic mass is 9.95. The van der Waals surface area contributed by atoms with Crippen LogP contribution in [0.1, 0.15) is 42.5 Å². The van der Waals surface area contributed by atoms with Crippen LogP contribution in [0, 0.1) is 19.3 Å². The van der Waals surface area contributed by atoms with E-state index in [-0.39, 0.29) is 17.4 Å². The smallest absolute Gasteiger partial charge is 0.229 e. The lowest BCUT2D eigenvalue weighted by Crippen LogP contribution is -2.27. The van der Waals surface area contributed by atoms with Crippen LogP contribution in [0.15, 0.2) is 53.7 Å². The third-order valence-corrected chi connectivity index (χ3v) is 5.49. The third-order valence-electron chi connectivity index (χ3n) is 4.57. The van der Waals surface area contributed by atoms with Gasteiger partial charge in [0.05, 0.1) is 5.75 Å². The Bertz CT molecular complexity index is 1050. The summed E-state index contributed by atoms with van der Waals surface area (Å²) in [5.74, 6) is 0.943. The van der Waals surface area contributed by atoms with Gasteiger partial charge in [-0.2, -0.15) is 0 Å². The molecule has 0 aliphatic carbocycles. The number of carbonyl (C=O) groups excluding carboxylic acids is 2. The molecular formula is C23H26N4O2S. The number of ketones is 1. The zero-order valence-electron chi connectivity index (χ0n) is 17.9. The van der Waals surface area contributed by atoms with E-state index in [1.807, 2.05) is 63.5 Å². The number of benzene rings is 2. The highest BCUT2D eigenvalue weighted by atomic mass is 32.2. The fraction of sp³-hybridized carbons (Fsp3) is 0.304. The first-order valence-corrected chi connectivity index (χ1v) is 10.7. The van der Waals surface area contributed by atoms with Crippen LogP contribution in [0.2, 0.25) is 0 Å². The number of aromatic nitrogens is 3. The van der Waals surface area contributed by atoms with Crippen LogP contribution in [0.3, 0.4) is 0 Å². The van der Waals surface area contributed by atoms with Crippen molar-refractivity contribution in [3.05, 3.63) is 65.5 Å². The molecule has 7 heteroatoms. The summed E-state index contributed by atoms with van der Waals surface area (Å²) in [6.07, 6.45) is 0. The zero-order chi connectivity index (χ0) is 21.9. The van der Waals surface area contributed by atoms with Crippen molar-refractivity contribution in [3.63, 3.8) is 0 Å². The number of hydrogen-bond donors (Lipinski definition) is 1. The van der Waals surface area contributed by atoms with Gasteiger partial charge in [0.15, 0.2) is 10.9 Å². The average molecular weight is 423 g/mol. The maximum absolute atomic E-state index is 12.6. The van der Waals surface area contributed by atoms with E-state index in [1.54, 1.807) is 24.3 Å². The second-order valence-electron chi connectivity index (χ2n) is 8.19. The molecule has 1 aromatic heterocycles. The van der Waals surface area contributed by atoms with Gasteiger partial charge in [-0.1, -0.05) is 50.2 Å². The highest BCUT2D eigenvalue weighted by Crippen LogP contribution is 2.24. The Morgan fingerprint density at radius 1 is 0.967 bits per heavy atom. The zero-order valence-corrected chi connectivity index (χ0v) is 18.7. The molecule has 6 nitrogen and oxygen atoms in total. The molecule has 0 unspecified atom stereocenters. The summed E-state index contributed by atoms with van der Waals surface area (Å²) in [6.45, 7) is 9.50. The van der Waals surface area contributed by atoms with Gasteiger partial charge in [0.2, 0.25) is 5.91 Å². The van der Waals surface area contributed by atoms with Crippen molar-refractivity contribution in [2.45, 2.75) is 39.8 Å². The van der Waals surface area contributed by atoms with Crippen molar-refractivity contribution in [1.29, 1.82) is 0 Å². The molecule has 0 radical (unpaired) electrons. The minimum absolute atomic E-state index is 0.00944. The van der Waals surface area contributed by atoms with Crippen molar-refractivity contribution in [2.24, 2.45) is 5.41 Å². The van der Waals surface area contributed by atoms with Crippen molar-refractivity contribution in [3.8, 4) is 5.69 Å². The summed E-state index contributed by atoms with van der Waals surface area (Å²) < 4.78 is 1.95. The topological polar surface area (TPSA) is 76.9 Å². The van der Waals surface area contributed by atoms with Crippen LogP contribution in [0.4, 0.5) is 5.69 Å². The molecule has 30 heavy (non-hydrogen) atoms.